The second kappa shape index (κ2) is 9.19. The Morgan fingerprint density at radius 3 is 2.91 bits per heavy atom. The maximum atomic E-state index is 12.9. The van der Waals surface area contributed by atoms with Gasteiger partial charge in [0.1, 0.15) is 24.1 Å². The van der Waals surface area contributed by atoms with E-state index in [1.54, 1.807) is 42.2 Å². The second-order valence-electron chi connectivity index (χ2n) is 8.10. The minimum atomic E-state index is -0.835. The normalized spacial score (nSPS) is 14.9. The number of fused-ring (bicyclic) bond motifs is 2. The van der Waals surface area contributed by atoms with E-state index in [2.05, 4.69) is 32.6 Å². The third kappa shape index (κ3) is 4.63. The molecule has 3 heterocycles. The summed E-state index contributed by atoms with van der Waals surface area (Å²) in [6.07, 6.45) is 3.33. The first kappa shape index (κ1) is 22.0. The lowest BCUT2D eigenvalue weighted by atomic mass is 10.2. The van der Waals surface area contributed by atoms with Gasteiger partial charge < -0.3 is 20.3 Å². The van der Waals surface area contributed by atoms with Gasteiger partial charge in [-0.05, 0) is 60.9 Å². The fourth-order valence-corrected chi connectivity index (χ4v) is 3.76. The molecule has 0 saturated heterocycles. The number of aryl methyl sites for hydroxylation is 1. The number of carbonyl (C=O) groups excluding carboxylic acids is 2. The first-order valence-corrected chi connectivity index (χ1v) is 11.0. The van der Waals surface area contributed by atoms with Crippen LogP contribution in [-0.2, 0) is 4.79 Å². The van der Waals surface area contributed by atoms with Crippen LogP contribution in [0.3, 0.4) is 0 Å². The maximum Gasteiger partial charge on any atom is 0.320 e. The summed E-state index contributed by atoms with van der Waals surface area (Å²) in [6, 6.07) is 15.1. The van der Waals surface area contributed by atoms with Crippen molar-refractivity contribution in [1.82, 2.24) is 19.9 Å². The molecule has 9 heteroatoms. The molecule has 1 aliphatic rings. The van der Waals surface area contributed by atoms with Crippen LogP contribution in [0.25, 0.3) is 5.65 Å². The largest absolute Gasteiger partial charge is 0.489 e. The smallest absolute Gasteiger partial charge is 0.320 e. The molecular weight excluding hydrogens is 444 g/mol. The number of benzene rings is 2. The summed E-state index contributed by atoms with van der Waals surface area (Å²) in [7, 11) is 1.67. The number of nitrogens with zero attached hydrogens (tertiary/aromatic N) is 4. The number of aromatic nitrogens is 3. The number of hydrogen-bond donors (Lipinski definition) is 2. The van der Waals surface area contributed by atoms with E-state index >= 15 is 0 Å². The highest BCUT2D eigenvalue weighted by Crippen LogP contribution is 2.31. The van der Waals surface area contributed by atoms with Crippen LogP contribution in [0.15, 0.2) is 67.0 Å². The zero-order chi connectivity index (χ0) is 24.4. The van der Waals surface area contributed by atoms with Crippen LogP contribution >= 0.6 is 0 Å². The highest BCUT2D eigenvalue weighted by molar-refractivity contribution is 6.02. The lowest BCUT2D eigenvalue weighted by molar-refractivity contribution is -0.120. The molecule has 0 aliphatic carbocycles. The molecule has 1 atom stereocenters. The number of ether oxygens (including phenoxy) is 1. The number of nitrogens with one attached hydrogen (secondary N) is 2. The third-order valence-electron chi connectivity index (χ3n) is 5.55. The fourth-order valence-electron chi connectivity index (χ4n) is 3.76. The summed E-state index contributed by atoms with van der Waals surface area (Å²) in [6.45, 7) is 1.98. The minimum absolute atomic E-state index is 0.0332. The standard InChI is InChI=1S/C26H22N6O3/c1-17-8-11-23-22(13-17)31(2)25(33)21(16-35-23)30-26(34)29-19-6-3-5-18(14-19)9-10-20-15-27-24-7-4-12-28-32(20)24/h3-8,11-15,21H,16H2,1-2H3,(H2,29,30,34)/t21-/m0/s1. The van der Waals surface area contributed by atoms with E-state index in [4.69, 9.17) is 4.74 Å². The second-order valence-corrected chi connectivity index (χ2v) is 8.10. The zero-order valence-electron chi connectivity index (χ0n) is 19.1. The van der Waals surface area contributed by atoms with E-state index in [1.165, 1.54) is 4.90 Å². The SMILES string of the molecule is Cc1ccc2c(c1)N(C)C(=O)[C@@H](NC(=O)Nc1cccc(C#Cc3cnc4cccnn34)c1)CO2. The first-order chi connectivity index (χ1) is 17.0. The maximum absolute atomic E-state index is 12.9. The molecule has 0 radical (unpaired) electrons. The Balaban J connectivity index is 1.26. The van der Waals surface area contributed by atoms with Gasteiger partial charge in [0.15, 0.2) is 5.65 Å². The van der Waals surface area contributed by atoms with Gasteiger partial charge in [-0.25, -0.2) is 14.3 Å². The third-order valence-corrected chi connectivity index (χ3v) is 5.55. The summed E-state index contributed by atoms with van der Waals surface area (Å²) in [5, 5.41) is 9.72. The van der Waals surface area contributed by atoms with Crippen molar-refractivity contribution in [2.75, 3.05) is 23.9 Å². The average molecular weight is 467 g/mol. The Morgan fingerprint density at radius 1 is 1.14 bits per heavy atom. The Morgan fingerprint density at radius 2 is 2.03 bits per heavy atom. The number of urea groups is 1. The monoisotopic (exact) mass is 466 g/mol. The van der Waals surface area contributed by atoms with Crippen LogP contribution in [0.2, 0.25) is 0 Å². The van der Waals surface area contributed by atoms with Gasteiger partial charge in [0.25, 0.3) is 5.91 Å². The molecule has 0 bridgehead atoms. The molecule has 0 spiro atoms. The van der Waals surface area contributed by atoms with Crippen LogP contribution < -0.4 is 20.3 Å². The topological polar surface area (TPSA) is 101 Å². The van der Waals surface area contributed by atoms with E-state index in [0.717, 1.165) is 5.56 Å². The van der Waals surface area contributed by atoms with Crippen molar-refractivity contribution in [3.05, 3.63) is 83.8 Å². The summed E-state index contributed by atoms with van der Waals surface area (Å²) < 4.78 is 7.45. The molecule has 5 rings (SSSR count). The molecule has 9 nitrogen and oxygen atoms in total. The summed E-state index contributed by atoms with van der Waals surface area (Å²) in [4.78, 5) is 31.4. The molecule has 0 saturated carbocycles. The molecule has 2 N–H and O–H groups in total. The highest BCUT2D eigenvalue weighted by atomic mass is 16.5. The van der Waals surface area contributed by atoms with Gasteiger partial charge in [0, 0.05) is 24.5 Å². The van der Waals surface area contributed by atoms with Crippen LogP contribution in [0.4, 0.5) is 16.2 Å². The van der Waals surface area contributed by atoms with E-state index in [1.807, 2.05) is 43.3 Å². The highest BCUT2D eigenvalue weighted by Gasteiger charge is 2.30. The molecule has 174 valence electrons. The predicted molar refractivity (Wildman–Crippen MR) is 131 cm³/mol. The molecule has 0 fully saturated rings. The molecule has 0 unspecified atom stereocenters. The van der Waals surface area contributed by atoms with E-state index in [-0.39, 0.29) is 12.5 Å². The van der Waals surface area contributed by atoms with Crippen molar-refractivity contribution < 1.29 is 14.3 Å². The lowest BCUT2D eigenvalue weighted by Crippen LogP contribution is -2.50. The van der Waals surface area contributed by atoms with Crippen LogP contribution in [0.5, 0.6) is 5.75 Å². The fraction of sp³-hybridized carbons (Fsp3) is 0.154. The van der Waals surface area contributed by atoms with Gasteiger partial charge in [0.2, 0.25) is 0 Å². The first-order valence-electron chi connectivity index (χ1n) is 11.0. The quantitative estimate of drug-likeness (QED) is 0.443. The number of hydrogen-bond acceptors (Lipinski definition) is 5. The summed E-state index contributed by atoms with van der Waals surface area (Å²) in [5.74, 6) is 6.46. The lowest BCUT2D eigenvalue weighted by Gasteiger charge is -2.20. The van der Waals surface area contributed by atoms with Gasteiger partial charge >= 0.3 is 6.03 Å². The van der Waals surface area contributed by atoms with Crippen molar-refractivity contribution in [3.63, 3.8) is 0 Å². The number of amides is 3. The molecular formula is C26H22N6O3. The Kier molecular flexibility index (Phi) is 5.77. The molecule has 2 aromatic carbocycles. The Bertz CT molecular complexity index is 1500. The number of likely N-dealkylation sites (N-methyl/N-ethyl adjacent to an activating group) is 1. The summed E-state index contributed by atoms with van der Waals surface area (Å²) >= 11 is 0. The summed E-state index contributed by atoms with van der Waals surface area (Å²) in [5.41, 5.74) is 4.30. The Labute approximate surface area is 201 Å². The number of imidazole rings is 1. The zero-order valence-corrected chi connectivity index (χ0v) is 19.1. The van der Waals surface area contributed by atoms with Crippen molar-refractivity contribution in [3.8, 4) is 17.6 Å². The number of carbonyl (C=O) groups is 2. The van der Waals surface area contributed by atoms with Gasteiger partial charge in [-0.3, -0.25) is 4.79 Å². The van der Waals surface area contributed by atoms with Crippen molar-refractivity contribution >= 4 is 29.0 Å². The minimum Gasteiger partial charge on any atom is -0.489 e. The van der Waals surface area contributed by atoms with E-state index in [9.17, 15) is 9.59 Å². The van der Waals surface area contributed by atoms with Gasteiger partial charge in [-0.15, -0.1) is 0 Å². The molecule has 3 amide bonds. The Hall–Kier alpha value is -4.84. The van der Waals surface area contributed by atoms with E-state index in [0.29, 0.717) is 34.0 Å². The molecule has 1 aliphatic heterocycles. The van der Waals surface area contributed by atoms with Gasteiger partial charge in [-0.1, -0.05) is 18.1 Å². The van der Waals surface area contributed by atoms with Gasteiger partial charge in [-0.2, -0.15) is 5.10 Å². The van der Waals surface area contributed by atoms with Crippen molar-refractivity contribution in [1.29, 1.82) is 0 Å². The number of anilines is 2. The van der Waals surface area contributed by atoms with Crippen LogP contribution in [0, 0.1) is 18.8 Å². The van der Waals surface area contributed by atoms with Gasteiger partial charge in [0.05, 0.1) is 11.9 Å². The van der Waals surface area contributed by atoms with Crippen LogP contribution in [0.1, 0.15) is 16.8 Å². The molecule has 4 aromatic rings. The van der Waals surface area contributed by atoms with Crippen molar-refractivity contribution in [2.24, 2.45) is 0 Å². The van der Waals surface area contributed by atoms with Crippen molar-refractivity contribution in [2.45, 2.75) is 13.0 Å². The van der Waals surface area contributed by atoms with E-state index < -0.39 is 12.1 Å². The van der Waals surface area contributed by atoms with Crippen LogP contribution in [-0.4, -0.2) is 46.2 Å². The molecule has 2 aromatic heterocycles. The predicted octanol–water partition coefficient (Wildman–Crippen LogP) is 2.98. The molecule has 35 heavy (non-hydrogen) atoms. The average Bonchev–Trinajstić information content (AvgIpc) is 3.24. The number of rotatable bonds is 2.